The Morgan fingerprint density at radius 3 is 2.80 bits per heavy atom. The van der Waals surface area contributed by atoms with Gasteiger partial charge in [0.05, 0.1) is 19.3 Å². The lowest BCUT2D eigenvalue weighted by Gasteiger charge is -2.39. The van der Waals surface area contributed by atoms with Crippen LogP contribution >= 0.6 is 0 Å². The smallest absolute Gasteiger partial charge is 0.0721 e. The van der Waals surface area contributed by atoms with E-state index in [-0.39, 0.29) is 5.41 Å². The van der Waals surface area contributed by atoms with Gasteiger partial charge in [-0.05, 0) is 36.1 Å². The van der Waals surface area contributed by atoms with Crippen LogP contribution in [0.4, 0.5) is 0 Å². The van der Waals surface area contributed by atoms with Gasteiger partial charge >= 0.3 is 0 Å². The maximum atomic E-state index is 5.92. The minimum absolute atomic E-state index is 0.140. The molecule has 0 aliphatic carbocycles. The van der Waals surface area contributed by atoms with Crippen molar-refractivity contribution >= 4 is 0 Å². The summed E-state index contributed by atoms with van der Waals surface area (Å²) in [4.78, 5) is 2.55. The maximum Gasteiger partial charge on any atom is 0.0721 e. The molecule has 0 bridgehead atoms. The molecule has 1 aliphatic rings. The lowest BCUT2D eigenvalue weighted by atomic mass is 9.90. The molecule has 0 saturated heterocycles. The minimum Gasteiger partial charge on any atom is -0.375 e. The molecule has 1 aliphatic heterocycles. The lowest BCUT2D eigenvalue weighted by Crippen LogP contribution is -2.43. The number of benzene rings is 1. The first-order valence-electron chi connectivity index (χ1n) is 7.67. The van der Waals surface area contributed by atoms with Crippen molar-refractivity contribution in [2.24, 2.45) is 11.1 Å². The van der Waals surface area contributed by atoms with Crippen molar-refractivity contribution in [3.8, 4) is 0 Å². The van der Waals surface area contributed by atoms with E-state index in [2.05, 4.69) is 49.9 Å². The van der Waals surface area contributed by atoms with E-state index in [0.717, 1.165) is 32.7 Å². The first-order valence-corrected chi connectivity index (χ1v) is 7.67. The predicted molar refractivity (Wildman–Crippen MR) is 83.5 cm³/mol. The monoisotopic (exact) mass is 276 g/mol. The minimum atomic E-state index is 0.140. The third-order valence-electron chi connectivity index (χ3n) is 4.08. The molecule has 0 amide bonds. The molecule has 0 saturated carbocycles. The second kappa shape index (κ2) is 6.70. The molecule has 1 atom stereocenters. The third-order valence-corrected chi connectivity index (χ3v) is 4.08. The van der Waals surface area contributed by atoms with Crippen LogP contribution in [0.1, 0.15) is 44.4 Å². The molecule has 1 aromatic carbocycles. The van der Waals surface area contributed by atoms with Crippen molar-refractivity contribution in [3.63, 3.8) is 0 Å². The fraction of sp³-hybridized carbons (Fsp3) is 0.647. The fourth-order valence-electron chi connectivity index (χ4n) is 2.91. The summed E-state index contributed by atoms with van der Waals surface area (Å²) in [6, 6.07) is 9.03. The first-order chi connectivity index (χ1) is 9.57. The summed E-state index contributed by atoms with van der Waals surface area (Å²) in [5, 5.41) is 0. The molecule has 0 fully saturated rings. The molecule has 2 N–H and O–H groups in total. The molecule has 1 heterocycles. The summed E-state index contributed by atoms with van der Waals surface area (Å²) in [5.41, 5.74) is 8.82. The SMILES string of the molecule is CCCN(CC(C)(C)CN)C1COCc2ccccc21. The number of nitrogens with two attached hydrogens (primary N) is 1. The average molecular weight is 276 g/mol. The number of rotatable bonds is 6. The van der Waals surface area contributed by atoms with E-state index in [1.54, 1.807) is 0 Å². The molecule has 3 nitrogen and oxygen atoms in total. The van der Waals surface area contributed by atoms with Crippen molar-refractivity contribution in [3.05, 3.63) is 35.4 Å². The van der Waals surface area contributed by atoms with E-state index >= 15 is 0 Å². The van der Waals surface area contributed by atoms with Crippen LogP contribution in [0.3, 0.4) is 0 Å². The second-order valence-electron chi connectivity index (χ2n) is 6.57. The van der Waals surface area contributed by atoms with Crippen molar-refractivity contribution in [1.82, 2.24) is 4.90 Å². The highest BCUT2D eigenvalue weighted by molar-refractivity contribution is 5.31. The van der Waals surface area contributed by atoms with Crippen LogP contribution < -0.4 is 5.73 Å². The predicted octanol–water partition coefficient (Wildman–Crippen LogP) is 2.95. The number of ether oxygens (including phenoxy) is 1. The van der Waals surface area contributed by atoms with Gasteiger partial charge in [-0.1, -0.05) is 45.0 Å². The second-order valence-corrected chi connectivity index (χ2v) is 6.57. The summed E-state index contributed by atoms with van der Waals surface area (Å²) in [7, 11) is 0. The van der Waals surface area contributed by atoms with Gasteiger partial charge in [-0.2, -0.15) is 0 Å². The summed E-state index contributed by atoms with van der Waals surface area (Å²) in [6.07, 6.45) is 1.15. The number of fused-ring (bicyclic) bond motifs is 1. The van der Waals surface area contributed by atoms with Gasteiger partial charge < -0.3 is 10.5 Å². The standard InChI is InChI=1S/C17H28N2O/c1-4-9-19(13-17(2,3)12-18)16-11-20-10-14-7-5-6-8-15(14)16/h5-8,16H,4,9-13,18H2,1-3H3. The number of nitrogens with zero attached hydrogens (tertiary/aromatic N) is 1. The van der Waals surface area contributed by atoms with Crippen LogP contribution in [0.15, 0.2) is 24.3 Å². The molecule has 112 valence electrons. The molecular weight excluding hydrogens is 248 g/mol. The molecule has 0 radical (unpaired) electrons. The molecule has 1 aromatic rings. The number of hydrogen-bond donors (Lipinski definition) is 1. The van der Waals surface area contributed by atoms with Crippen LogP contribution in [0.5, 0.6) is 0 Å². The highest BCUT2D eigenvalue weighted by atomic mass is 16.5. The molecule has 0 spiro atoms. The Labute approximate surface area is 123 Å². The highest BCUT2D eigenvalue weighted by Gasteiger charge is 2.29. The largest absolute Gasteiger partial charge is 0.375 e. The summed E-state index contributed by atoms with van der Waals surface area (Å²) >= 11 is 0. The van der Waals surface area contributed by atoms with Gasteiger partial charge in [-0.15, -0.1) is 0 Å². The molecule has 3 heteroatoms. The van der Waals surface area contributed by atoms with E-state index in [1.807, 2.05) is 0 Å². The first kappa shape index (κ1) is 15.5. The van der Waals surface area contributed by atoms with Crippen molar-refractivity contribution in [2.75, 3.05) is 26.2 Å². The topological polar surface area (TPSA) is 38.5 Å². The zero-order chi connectivity index (χ0) is 14.6. The van der Waals surface area contributed by atoms with Crippen molar-refractivity contribution in [2.45, 2.75) is 39.8 Å². The molecule has 0 aromatic heterocycles. The van der Waals surface area contributed by atoms with Gasteiger partial charge in [0.15, 0.2) is 0 Å². The Morgan fingerprint density at radius 2 is 2.10 bits per heavy atom. The van der Waals surface area contributed by atoms with Crippen molar-refractivity contribution < 1.29 is 4.74 Å². The Balaban J connectivity index is 2.22. The third kappa shape index (κ3) is 3.60. The Morgan fingerprint density at radius 1 is 1.35 bits per heavy atom. The summed E-state index contributed by atoms with van der Waals surface area (Å²) < 4.78 is 5.81. The highest BCUT2D eigenvalue weighted by Crippen LogP contribution is 2.31. The summed E-state index contributed by atoms with van der Waals surface area (Å²) in [5.74, 6) is 0. The molecule has 20 heavy (non-hydrogen) atoms. The zero-order valence-corrected chi connectivity index (χ0v) is 13.1. The summed E-state index contributed by atoms with van der Waals surface area (Å²) in [6.45, 7) is 11.1. The Hall–Kier alpha value is -0.900. The number of hydrogen-bond acceptors (Lipinski definition) is 3. The van der Waals surface area contributed by atoms with E-state index in [1.165, 1.54) is 11.1 Å². The van der Waals surface area contributed by atoms with Crippen LogP contribution in [-0.4, -0.2) is 31.1 Å². The van der Waals surface area contributed by atoms with Crippen LogP contribution in [-0.2, 0) is 11.3 Å². The quantitative estimate of drug-likeness (QED) is 0.868. The van der Waals surface area contributed by atoms with Gasteiger partial charge in [0.1, 0.15) is 0 Å². The lowest BCUT2D eigenvalue weighted by molar-refractivity contribution is 0.0185. The Bertz CT molecular complexity index is 431. The van der Waals surface area contributed by atoms with E-state index in [0.29, 0.717) is 12.6 Å². The zero-order valence-electron chi connectivity index (χ0n) is 13.1. The van der Waals surface area contributed by atoms with E-state index < -0.39 is 0 Å². The molecular formula is C17H28N2O. The molecule has 1 unspecified atom stereocenters. The normalized spacial score (nSPS) is 19.1. The van der Waals surface area contributed by atoms with Crippen LogP contribution in [0.25, 0.3) is 0 Å². The van der Waals surface area contributed by atoms with Gasteiger partial charge in [0, 0.05) is 6.54 Å². The van der Waals surface area contributed by atoms with Gasteiger partial charge in [-0.25, -0.2) is 0 Å². The average Bonchev–Trinajstić information content (AvgIpc) is 2.46. The van der Waals surface area contributed by atoms with Crippen LogP contribution in [0, 0.1) is 5.41 Å². The van der Waals surface area contributed by atoms with E-state index in [9.17, 15) is 0 Å². The van der Waals surface area contributed by atoms with E-state index in [4.69, 9.17) is 10.5 Å². The van der Waals surface area contributed by atoms with Crippen LogP contribution in [0.2, 0.25) is 0 Å². The van der Waals surface area contributed by atoms with Gasteiger partial charge in [0.25, 0.3) is 0 Å². The maximum absolute atomic E-state index is 5.92. The van der Waals surface area contributed by atoms with Gasteiger partial charge in [-0.3, -0.25) is 4.90 Å². The van der Waals surface area contributed by atoms with Gasteiger partial charge in [0.2, 0.25) is 0 Å². The Kier molecular flexibility index (Phi) is 5.19. The fourth-order valence-corrected chi connectivity index (χ4v) is 2.91. The molecule has 2 rings (SSSR count). The van der Waals surface area contributed by atoms with Crippen molar-refractivity contribution in [1.29, 1.82) is 0 Å².